The molecule has 0 unspecified atom stereocenters. The molecule has 0 radical (unpaired) electrons. The van der Waals surface area contributed by atoms with E-state index in [1.54, 1.807) is 0 Å². The van der Waals surface area contributed by atoms with E-state index in [4.69, 9.17) is 28.6 Å². The zero-order valence-electron chi connectivity index (χ0n) is 7.44. The topological polar surface area (TPSA) is 53.0 Å². The van der Waals surface area contributed by atoms with Crippen molar-refractivity contribution in [3.63, 3.8) is 0 Å². The van der Waals surface area contributed by atoms with Crippen LogP contribution < -0.4 is 5.32 Å². The first-order valence-electron chi connectivity index (χ1n) is 4.11. The van der Waals surface area contributed by atoms with E-state index in [0.717, 1.165) is 18.5 Å². The molecule has 1 aliphatic carbocycles. The Morgan fingerprint density at radius 2 is 2.07 bits per heavy atom. The van der Waals surface area contributed by atoms with Crippen LogP contribution in [0.25, 0.3) is 0 Å². The highest BCUT2D eigenvalue weighted by molar-refractivity contribution is 6.75. The van der Waals surface area contributed by atoms with E-state index in [9.17, 15) is 4.79 Å². The first-order valence-corrected chi connectivity index (χ1v) is 4.87. The van der Waals surface area contributed by atoms with Crippen molar-refractivity contribution in [2.24, 2.45) is 5.92 Å². The van der Waals surface area contributed by atoms with Crippen LogP contribution in [0.2, 0.25) is 0 Å². The second-order valence-electron chi connectivity index (χ2n) is 3.08. The molecule has 0 amide bonds. The summed E-state index contributed by atoms with van der Waals surface area (Å²) in [7, 11) is 0. The van der Waals surface area contributed by atoms with Crippen LogP contribution in [0.1, 0.15) is 12.8 Å². The second-order valence-corrected chi connectivity index (χ2v) is 3.84. The molecule has 0 aromatic carbocycles. The molecule has 3 nitrogen and oxygen atoms in total. The summed E-state index contributed by atoms with van der Waals surface area (Å²) in [6.07, 6.45) is 2.69. The molecule has 0 spiro atoms. The van der Waals surface area contributed by atoms with Crippen molar-refractivity contribution in [2.75, 3.05) is 0 Å². The van der Waals surface area contributed by atoms with Gasteiger partial charge in [-0.25, -0.2) is 0 Å². The first-order chi connectivity index (χ1) is 6.56. The van der Waals surface area contributed by atoms with Crippen molar-refractivity contribution >= 4 is 34.7 Å². The minimum atomic E-state index is -0.357. The summed E-state index contributed by atoms with van der Waals surface area (Å²) in [6, 6.07) is 0. The molecule has 0 saturated heterocycles. The summed E-state index contributed by atoms with van der Waals surface area (Å²) < 4.78 is 0. The van der Waals surface area contributed by atoms with Gasteiger partial charge in [-0.1, -0.05) is 29.8 Å². The Morgan fingerprint density at radius 3 is 2.43 bits per heavy atom. The molecule has 1 saturated carbocycles. The third-order valence-electron chi connectivity index (χ3n) is 1.91. The predicted molar refractivity (Wildman–Crippen MR) is 57.5 cm³/mol. The van der Waals surface area contributed by atoms with Crippen molar-refractivity contribution in [2.45, 2.75) is 12.8 Å². The number of rotatable bonds is 5. The lowest BCUT2D eigenvalue weighted by atomic mass is 10.3. The maximum absolute atomic E-state index is 10.6. The van der Waals surface area contributed by atoms with Crippen molar-refractivity contribution in [1.29, 1.82) is 5.41 Å². The number of nitrogens with one attached hydrogen (secondary N) is 2. The van der Waals surface area contributed by atoms with Gasteiger partial charge in [0.25, 0.3) is 0 Å². The largest absolute Gasteiger partial charge is 0.355 e. The Morgan fingerprint density at radius 1 is 1.50 bits per heavy atom. The van der Waals surface area contributed by atoms with Gasteiger partial charge in [0.2, 0.25) is 0 Å². The Balaban J connectivity index is 2.70. The first kappa shape index (κ1) is 11.3. The van der Waals surface area contributed by atoms with Crippen LogP contribution in [0.4, 0.5) is 0 Å². The van der Waals surface area contributed by atoms with E-state index in [-0.39, 0.29) is 15.9 Å². The van der Waals surface area contributed by atoms with Gasteiger partial charge in [-0.3, -0.25) is 10.2 Å². The van der Waals surface area contributed by atoms with E-state index in [1.807, 2.05) is 0 Å². The van der Waals surface area contributed by atoms with Gasteiger partial charge in [0, 0.05) is 5.70 Å². The molecule has 5 heteroatoms. The monoisotopic (exact) mass is 232 g/mol. The van der Waals surface area contributed by atoms with Crippen molar-refractivity contribution < 1.29 is 4.79 Å². The quantitative estimate of drug-likeness (QED) is 0.435. The van der Waals surface area contributed by atoms with Gasteiger partial charge in [-0.15, -0.1) is 0 Å². The predicted octanol–water partition coefficient (Wildman–Crippen LogP) is 2.37. The van der Waals surface area contributed by atoms with Gasteiger partial charge in [0.05, 0.1) is 0 Å². The highest BCUT2D eigenvalue weighted by Gasteiger charge is 2.25. The van der Waals surface area contributed by atoms with E-state index in [2.05, 4.69) is 11.9 Å². The van der Waals surface area contributed by atoms with Crippen LogP contribution in [-0.2, 0) is 4.79 Å². The molecule has 0 heterocycles. The summed E-state index contributed by atoms with van der Waals surface area (Å²) in [5.41, 5.74) is 0.853. The Labute approximate surface area is 92.3 Å². The second kappa shape index (κ2) is 4.62. The fourth-order valence-electron chi connectivity index (χ4n) is 0.961. The normalized spacial score (nSPS) is 17.0. The van der Waals surface area contributed by atoms with E-state index < -0.39 is 0 Å². The number of carbonyl (C=O) groups excluding carboxylic acids is 1. The maximum Gasteiger partial charge on any atom is 0.167 e. The minimum absolute atomic E-state index is 0.0801. The van der Waals surface area contributed by atoms with Crippen LogP contribution in [0.5, 0.6) is 0 Å². The highest BCUT2D eigenvalue weighted by Crippen LogP contribution is 2.34. The number of aldehydes is 1. The van der Waals surface area contributed by atoms with Crippen LogP contribution in [0, 0.1) is 11.3 Å². The van der Waals surface area contributed by atoms with E-state index >= 15 is 0 Å². The fraction of sp³-hybridized carbons (Fsp3) is 0.333. The summed E-state index contributed by atoms with van der Waals surface area (Å²) in [5.74, 6) is 0.416. The minimum Gasteiger partial charge on any atom is -0.355 e. The lowest BCUT2D eigenvalue weighted by Gasteiger charge is -2.08. The molecule has 0 aromatic heterocycles. The van der Waals surface area contributed by atoms with Gasteiger partial charge in [-0.05, 0) is 18.8 Å². The van der Waals surface area contributed by atoms with Crippen LogP contribution in [-0.4, -0.2) is 11.5 Å². The molecular weight excluding hydrogens is 223 g/mol. The molecule has 0 aromatic rings. The lowest BCUT2D eigenvalue weighted by molar-refractivity contribution is -0.105. The molecule has 0 aliphatic heterocycles. The summed E-state index contributed by atoms with van der Waals surface area (Å²) in [4.78, 5) is 10.6. The summed E-state index contributed by atoms with van der Waals surface area (Å²) >= 11 is 11.0. The Kier molecular flexibility index (Phi) is 3.72. The molecule has 0 bridgehead atoms. The number of hydrogen-bond donors (Lipinski definition) is 2. The smallest absolute Gasteiger partial charge is 0.167 e. The number of carbonyl (C=O) groups is 1. The maximum atomic E-state index is 10.6. The average molecular weight is 233 g/mol. The van der Waals surface area contributed by atoms with E-state index in [1.165, 1.54) is 0 Å². The number of allylic oxidation sites excluding steroid dienone is 3. The van der Waals surface area contributed by atoms with Gasteiger partial charge >= 0.3 is 0 Å². The van der Waals surface area contributed by atoms with Crippen LogP contribution >= 0.6 is 23.2 Å². The molecule has 76 valence electrons. The van der Waals surface area contributed by atoms with Gasteiger partial charge in [0.1, 0.15) is 15.9 Å². The Hall–Kier alpha value is -0.800. The molecule has 1 rings (SSSR count). The number of hydrogen-bond acceptors (Lipinski definition) is 3. The van der Waals surface area contributed by atoms with Crippen molar-refractivity contribution in [1.82, 2.24) is 5.32 Å². The fourth-order valence-corrected chi connectivity index (χ4v) is 1.15. The van der Waals surface area contributed by atoms with Crippen LogP contribution in [0.15, 0.2) is 23.0 Å². The standard InChI is InChI=1S/C9H10Cl2N2O/c1-5(6-2-3-6)13-7(4-14)8(10)9(11)12/h4,6,12-13H,1-3H2. The summed E-state index contributed by atoms with van der Waals surface area (Å²) in [6.45, 7) is 3.77. The number of halogens is 2. The SMILES string of the molecule is C=C(NC(C=O)=C(Cl)C(=N)Cl)C1CC1. The van der Waals surface area contributed by atoms with Gasteiger partial charge in [-0.2, -0.15) is 0 Å². The van der Waals surface area contributed by atoms with Gasteiger partial charge < -0.3 is 5.32 Å². The zero-order valence-corrected chi connectivity index (χ0v) is 8.95. The van der Waals surface area contributed by atoms with Crippen molar-refractivity contribution in [3.05, 3.63) is 23.0 Å². The molecule has 1 fully saturated rings. The third-order valence-corrected chi connectivity index (χ3v) is 2.59. The molecule has 0 atom stereocenters. The molecule has 1 aliphatic rings. The average Bonchev–Trinajstić information content (AvgIpc) is 2.95. The lowest BCUT2D eigenvalue weighted by Crippen LogP contribution is -2.16. The zero-order chi connectivity index (χ0) is 10.7. The van der Waals surface area contributed by atoms with Gasteiger partial charge in [0.15, 0.2) is 6.29 Å². The summed E-state index contributed by atoms with van der Waals surface area (Å²) in [5, 5.41) is 9.38. The Bertz CT molecular complexity index is 319. The molecular formula is C9H10Cl2N2O. The molecule has 14 heavy (non-hydrogen) atoms. The van der Waals surface area contributed by atoms with Crippen LogP contribution in [0.3, 0.4) is 0 Å². The van der Waals surface area contributed by atoms with Crippen molar-refractivity contribution in [3.8, 4) is 0 Å². The highest BCUT2D eigenvalue weighted by atomic mass is 35.5. The third kappa shape index (κ3) is 2.86. The van der Waals surface area contributed by atoms with E-state index in [0.29, 0.717) is 12.2 Å². The molecule has 2 N–H and O–H groups in total.